The van der Waals surface area contributed by atoms with Crippen LogP contribution in [0.5, 0.6) is 0 Å². The Kier molecular flexibility index (Phi) is 1.46. The second kappa shape index (κ2) is 2.48. The van der Waals surface area contributed by atoms with E-state index in [9.17, 15) is 0 Å². The molecule has 0 aromatic carbocycles. The molecule has 0 bridgehead atoms. The fourth-order valence-electron chi connectivity index (χ4n) is 1.25. The lowest BCUT2D eigenvalue weighted by Gasteiger charge is -1.97. The first-order valence-electron chi connectivity index (χ1n) is 3.78. The van der Waals surface area contributed by atoms with Gasteiger partial charge in [-0.2, -0.15) is 0 Å². The molecule has 0 saturated heterocycles. The first kappa shape index (κ1) is 7.09. The van der Waals surface area contributed by atoms with Crippen LogP contribution < -0.4 is 5.32 Å². The number of nitrogens with zero attached hydrogens (tertiary/aromatic N) is 3. The molecule has 0 radical (unpaired) electrons. The first-order valence-corrected chi connectivity index (χ1v) is 3.78. The van der Waals surface area contributed by atoms with Crippen molar-refractivity contribution in [3.05, 3.63) is 18.3 Å². The zero-order valence-electron chi connectivity index (χ0n) is 7.07. The third-order valence-electron chi connectivity index (χ3n) is 1.85. The van der Waals surface area contributed by atoms with Gasteiger partial charge in [-0.1, -0.05) is 0 Å². The minimum atomic E-state index is 0.837. The van der Waals surface area contributed by atoms with E-state index in [1.165, 1.54) is 0 Å². The monoisotopic (exact) mass is 162 g/mol. The van der Waals surface area contributed by atoms with Crippen LogP contribution in [0.3, 0.4) is 0 Å². The summed E-state index contributed by atoms with van der Waals surface area (Å²) in [6, 6.07) is 3.83. The zero-order chi connectivity index (χ0) is 8.55. The SMILES string of the molecule is CNc1nc2cccnc2n1C. The van der Waals surface area contributed by atoms with Crippen LogP contribution in [0.4, 0.5) is 5.95 Å². The standard InChI is InChI=1S/C8H10N4/c1-9-8-11-6-4-3-5-10-7(6)12(8)2/h3-5H,1-2H3,(H,9,11). The minimum absolute atomic E-state index is 0.837. The second-order valence-corrected chi connectivity index (χ2v) is 2.59. The first-order chi connectivity index (χ1) is 5.83. The normalized spacial score (nSPS) is 10.5. The fraction of sp³-hybridized carbons (Fsp3) is 0.250. The summed E-state index contributed by atoms with van der Waals surface area (Å²) in [4.78, 5) is 8.53. The number of aromatic nitrogens is 3. The van der Waals surface area contributed by atoms with Crippen molar-refractivity contribution in [2.24, 2.45) is 7.05 Å². The Morgan fingerprint density at radius 2 is 2.33 bits per heavy atom. The third kappa shape index (κ3) is 0.845. The molecule has 0 unspecified atom stereocenters. The van der Waals surface area contributed by atoms with Crippen molar-refractivity contribution < 1.29 is 0 Å². The van der Waals surface area contributed by atoms with Gasteiger partial charge in [0.05, 0.1) is 0 Å². The molecule has 0 saturated carbocycles. The molecule has 0 atom stereocenters. The summed E-state index contributed by atoms with van der Waals surface area (Å²) in [5.41, 5.74) is 1.83. The van der Waals surface area contributed by atoms with E-state index in [-0.39, 0.29) is 0 Å². The van der Waals surface area contributed by atoms with Gasteiger partial charge in [0.15, 0.2) is 5.65 Å². The largest absolute Gasteiger partial charge is 0.359 e. The molecule has 0 amide bonds. The van der Waals surface area contributed by atoms with E-state index < -0.39 is 0 Å². The van der Waals surface area contributed by atoms with Crippen molar-refractivity contribution in [1.82, 2.24) is 14.5 Å². The number of anilines is 1. The third-order valence-corrected chi connectivity index (χ3v) is 1.85. The summed E-state index contributed by atoms with van der Waals surface area (Å²) < 4.78 is 1.93. The Hall–Kier alpha value is -1.58. The number of hydrogen-bond acceptors (Lipinski definition) is 3. The Morgan fingerprint density at radius 3 is 3.00 bits per heavy atom. The van der Waals surface area contributed by atoms with Crippen LogP contribution in [0, 0.1) is 0 Å². The lowest BCUT2D eigenvalue weighted by molar-refractivity contribution is 0.936. The van der Waals surface area contributed by atoms with Gasteiger partial charge >= 0.3 is 0 Å². The highest BCUT2D eigenvalue weighted by Crippen LogP contribution is 2.13. The van der Waals surface area contributed by atoms with E-state index in [2.05, 4.69) is 15.3 Å². The highest BCUT2D eigenvalue weighted by atomic mass is 15.2. The van der Waals surface area contributed by atoms with Crippen molar-refractivity contribution in [2.75, 3.05) is 12.4 Å². The number of fused-ring (bicyclic) bond motifs is 1. The van der Waals surface area contributed by atoms with Crippen LogP contribution in [0.1, 0.15) is 0 Å². The zero-order valence-corrected chi connectivity index (χ0v) is 7.07. The van der Waals surface area contributed by atoms with Crippen LogP contribution in [-0.4, -0.2) is 21.6 Å². The van der Waals surface area contributed by atoms with Gasteiger partial charge in [0.25, 0.3) is 0 Å². The van der Waals surface area contributed by atoms with Crippen LogP contribution in [0.2, 0.25) is 0 Å². The summed E-state index contributed by atoms with van der Waals surface area (Å²) in [6.07, 6.45) is 1.77. The van der Waals surface area contributed by atoms with Crippen molar-refractivity contribution in [3.63, 3.8) is 0 Å². The van der Waals surface area contributed by atoms with E-state index in [0.717, 1.165) is 17.1 Å². The van der Waals surface area contributed by atoms with Crippen molar-refractivity contribution in [2.45, 2.75) is 0 Å². The number of pyridine rings is 1. The molecule has 4 nitrogen and oxygen atoms in total. The lowest BCUT2D eigenvalue weighted by Crippen LogP contribution is -1.98. The van der Waals surface area contributed by atoms with E-state index in [4.69, 9.17) is 0 Å². The molecule has 0 aliphatic carbocycles. The maximum atomic E-state index is 4.32. The molecule has 12 heavy (non-hydrogen) atoms. The van der Waals surface area contributed by atoms with Crippen molar-refractivity contribution >= 4 is 17.1 Å². The molecule has 0 fully saturated rings. The number of aryl methyl sites for hydroxylation is 1. The molecule has 2 aromatic rings. The maximum Gasteiger partial charge on any atom is 0.204 e. The maximum absolute atomic E-state index is 4.32. The predicted octanol–water partition coefficient (Wildman–Crippen LogP) is 1.01. The van der Waals surface area contributed by atoms with E-state index in [0.29, 0.717) is 0 Å². The molecule has 62 valence electrons. The molecule has 0 spiro atoms. The molecule has 2 rings (SSSR count). The van der Waals surface area contributed by atoms with Crippen molar-refractivity contribution in [1.29, 1.82) is 0 Å². The van der Waals surface area contributed by atoms with Gasteiger partial charge in [0.2, 0.25) is 5.95 Å². The number of imidazole rings is 1. The average Bonchev–Trinajstić information content (AvgIpc) is 2.44. The van der Waals surface area contributed by atoms with E-state index in [1.807, 2.05) is 30.8 Å². The average molecular weight is 162 g/mol. The van der Waals surface area contributed by atoms with Gasteiger partial charge in [0, 0.05) is 20.3 Å². The highest BCUT2D eigenvalue weighted by Gasteiger charge is 2.04. The molecule has 0 aliphatic rings. The fourth-order valence-corrected chi connectivity index (χ4v) is 1.25. The van der Waals surface area contributed by atoms with Crippen LogP contribution >= 0.6 is 0 Å². The quantitative estimate of drug-likeness (QED) is 0.680. The van der Waals surface area contributed by atoms with Gasteiger partial charge in [-0.3, -0.25) is 4.57 Å². The Bertz CT molecular complexity index is 404. The lowest BCUT2D eigenvalue weighted by atomic mass is 10.4. The number of rotatable bonds is 1. The van der Waals surface area contributed by atoms with Crippen LogP contribution in [-0.2, 0) is 7.05 Å². The molecular weight excluding hydrogens is 152 g/mol. The van der Waals surface area contributed by atoms with Crippen LogP contribution in [0.25, 0.3) is 11.2 Å². The Balaban J connectivity index is 2.78. The summed E-state index contributed by atoms with van der Waals surface area (Å²) >= 11 is 0. The van der Waals surface area contributed by atoms with Gasteiger partial charge in [-0.25, -0.2) is 9.97 Å². The number of nitrogens with one attached hydrogen (secondary N) is 1. The number of hydrogen-bond donors (Lipinski definition) is 1. The van der Waals surface area contributed by atoms with E-state index in [1.54, 1.807) is 6.20 Å². The minimum Gasteiger partial charge on any atom is -0.359 e. The molecule has 1 N–H and O–H groups in total. The van der Waals surface area contributed by atoms with Gasteiger partial charge in [-0.05, 0) is 12.1 Å². The smallest absolute Gasteiger partial charge is 0.204 e. The Morgan fingerprint density at radius 1 is 1.50 bits per heavy atom. The van der Waals surface area contributed by atoms with Crippen molar-refractivity contribution in [3.8, 4) is 0 Å². The molecular formula is C8H10N4. The molecule has 0 aliphatic heterocycles. The summed E-state index contributed by atoms with van der Waals surface area (Å²) in [7, 11) is 3.79. The van der Waals surface area contributed by atoms with Gasteiger partial charge < -0.3 is 5.32 Å². The second-order valence-electron chi connectivity index (χ2n) is 2.59. The molecule has 2 heterocycles. The Labute approximate surface area is 70.3 Å². The van der Waals surface area contributed by atoms with Gasteiger partial charge in [0.1, 0.15) is 5.52 Å². The molecule has 2 aromatic heterocycles. The summed E-state index contributed by atoms with van der Waals surface area (Å²) in [6.45, 7) is 0. The molecule has 4 heteroatoms. The van der Waals surface area contributed by atoms with E-state index >= 15 is 0 Å². The predicted molar refractivity (Wildman–Crippen MR) is 48.1 cm³/mol. The highest BCUT2D eigenvalue weighted by molar-refractivity contribution is 5.73. The van der Waals surface area contributed by atoms with Gasteiger partial charge in [-0.15, -0.1) is 0 Å². The van der Waals surface area contributed by atoms with Crippen LogP contribution in [0.15, 0.2) is 18.3 Å². The topological polar surface area (TPSA) is 42.7 Å². The summed E-state index contributed by atoms with van der Waals surface area (Å²) in [5.74, 6) is 0.837. The summed E-state index contributed by atoms with van der Waals surface area (Å²) in [5, 5.41) is 3.00.